The average Bonchev–Trinajstić information content (AvgIpc) is 2.72. The van der Waals surface area contributed by atoms with Crippen molar-refractivity contribution in [3.63, 3.8) is 0 Å². The number of H-pyrrole nitrogens is 1. The van der Waals surface area contributed by atoms with Crippen molar-refractivity contribution in [2.75, 3.05) is 0 Å². The summed E-state index contributed by atoms with van der Waals surface area (Å²) in [5.74, 6) is -0.688. The Morgan fingerprint density at radius 1 is 1.17 bits per heavy atom. The monoisotopic (exact) mass is 271 g/mol. The van der Waals surface area contributed by atoms with Gasteiger partial charge in [0.25, 0.3) is 4.84 Å². The number of hydrogen-bond donors (Lipinski definition) is 2. The first kappa shape index (κ1) is 15.0. The molecule has 0 aliphatic carbocycles. The minimum absolute atomic E-state index is 0.305. The number of carboxylic acids is 1. The van der Waals surface area contributed by atoms with Crippen LogP contribution < -0.4 is 0 Å². The van der Waals surface area contributed by atoms with Gasteiger partial charge in [0, 0.05) is 6.42 Å². The van der Waals surface area contributed by atoms with E-state index < -0.39 is 5.97 Å². The lowest BCUT2D eigenvalue weighted by Gasteiger charge is -2.00. The molecule has 1 heterocycles. The van der Waals surface area contributed by atoms with Crippen LogP contribution in [0.15, 0.2) is 10.7 Å². The number of hydrogen-bond acceptors (Lipinski definition) is 3. The second-order valence-electron chi connectivity index (χ2n) is 4.54. The largest absolute Gasteiger partial charge is 0.481 e. The third-order valence-corrected chi connectivity index (χ3v) is 3.11. The maximum atomic E-state index is 10.3. The first-order valence-electron chi connectivity index (χ1n) is 6.57. The summed E-state index contributed by atoms with van der Waals surface area (Å²) < 4.78 is 5.02. The summed E-state index contributed by atoms with van der Waals surface area (Å²) in [5, 5.41) is 8.48. The molecule has 1 rings (SSSR count). The van der Waals surface area contributed by atoms with Gasteiger partial charge in [0.1, 0.15) is 6.26 Å². The fourth-order valence-electron chi connectivity index (χ4n) is 1.91. The number of aryl methyl sites for hydroxylation is 1. The van der Waals surface area contributed by atoms with E-state index in [4.69, 9.17) is 21.7 Å². The van der Waals surface area contributed by atoms with Crippen molar-refractivity contribution < 1.29 is 14.3 Å². The highest BCUT2D eigenvalue weighted by Crippen LogP contribution is 2.10. The molecule has 0 aliphatic heterocycles. The second kappa shape index (κ2) is 8.91. The molecule has 1 aromatic rings. The van der Waals surface area contributed by atoms with E-state index in [0.717, 1.165) is 37.8 Å². The van der Waals surface area contributed by atoms with Gasteiger partial charge in [0.2, 0.25) is 0 Å². The molecule has 0 spiro atoms. The molecule has 0 aromatic carbocycles. The Kier molecular flexibility index (Phi) is 7.41. The van der Waals surface area contributed by atoms with Crippen LogP contribution in [0.4, 0.5) is 0 Å². The summed E-state index contributed by atoms with van der Waals surface area (Å²) >= 11 is 4.85. The van der Waals surface area contributed by atoms with Crippen molar-refractivity contribution in [3.05, 3.63) is 16.8 Å². The Balaban J connectivity index is 1.87. The van der Waals surface area contributed by atoms with Crippen LogP contribution in [0.25, 0.3) is 0 Å². The zero-order chi connectivity index (χ0) is 13.2. The highest BCUT2D eigenvalue weighted by atomic mass is 32.1. The van der Waals surface area contributed by atoms with Crippen LogP contribution in [0.5, 0.6) is 0 Å². The molecule has 0 radical (unpaired) electrons. The van der Waals surface area contributed by atoms with Gasteiger partial charge < -0.3 is 14.5 Å². The fraction of sp³-hybridized carbons (Fsp3) is 0.692. The van der Waals surface area contributed by atoms with Crippen LogP contribution in [0.1, 0.15) is 57.1 Å². The number of rotatable bonds is 10. The minimum atomic E-state index is -0.688. The van der Waals surface area contributed by atoms with Gasteiger partial charge in [-0.1, -0.05) is 32.1 Å². The predicted octanol–water partition coefficient (Wildman–Crippen LogP) is 4.09. The molecule has 0 amide bonds. The number of aromatic nitrogens is 1. The molecule has 0 aliphatic rings. The summed E-state index contributed by atoms with van der Waals surface area (Å²) in [7, 11) is 0. The smallest absolute Gasteiger partial charge is 0.303 e. The molecule has 1 aromatic heterocycles. The maximum Gasteiger partial charge on any atom is 0.303 e. The SMILES string of the molecule is O=C(O)CCCCCCCCCc1coc(=S)[nH]1. The van der Waals surface area contributed by atoms with Crippen molar-refractivity contribution >= 4 is 18.2 Å². The van der Waals surface area contributed by atoms with E-state index in [1.54, 1.807) is 6.26 Å². The van der Waals surface area contributed by atoms with Crippen LogP contribution >= 0.6 is 12.2 Å². The molecule has 0 bridgehead atoms. The molecule has 2 N–H and O–H groups in total. The van der Waals surface area contributed by atoms with E-state index in [-0.39, 0.29) is 0 Å². The first-order valence-corrected chi connectivity index (χ1v) is 6.98. The Hall–Kier alpha value is -1.10. The molecule has 0 saturated heterocycles. The lowest BCUT2D eigenvalue weighted by molar-refractivity contribution is -0.137. The fourth-order valence-corrected chi connectivity index (χ4v) is 2.09. The lowest BCUT2D eigenvalue weighted by atomic mass is 10.1. The molecule has 5 heteroatoms. The Labute approximate surface area is 112 Å². The van der Waals surface area contributed by atoms with Crippen molar-refractivity contribution in [1.82, 2.24) is 4.98 Å². The Morgan fingerprint density at radius 2 is 1.78 bits per heavy atom. The Bertz CT molecular complexity index is 397. The summed E-state index contributed by atoms with van der Waals surface area (Å²) in [4.78, 5) is 13.7. The van der Waals surface area contributed by atoms with Gasteiger partial charge in [-0.15, -0.1) is 0 Å². The normalized spacial score (nSPS) is 10.7. The van der Waals surface area contributed by atoms with Crippen LogP contribution in [-0.2, 0) is 11.2 Å². The molecule has 0 unspecified atom stereocenters. The molecular formula is C13H21NO3S. The molecule has 0 saturated carbocycles. The topological polar surface area (TPSA) is 66.2 Å². The van der Waals surface area contributed by atoms with Crippen molar-refractivity contribution in [2.24, 2.45) is 0 Å². The number of carbonyl (C=O) groups is 1. The highest BCUT2D eigenvalue weighted by molar-refractivity contribution is 7.71. The highest BCUT2D eigenvalue weighted by Gasteiger charge is 1.98. The number of oxazole rings is 1. The summed E-state index contributed by atoms with van der Waals surface area (Å²) in [6.07, 6.45) is 10.7. The van der Waals surface area contributed by atoms with E-state index in [0.29, 0.717) is 11.3 Å². The molecule has 18 heavy (non-hydrogen) atoms. The number of aliphatic carboxylic acids is 1. The zero-order valence-electron chi connectivity index (χ0n) is 10.6. The maximum absolute atomic E-state index is 10.3. The lowest BCUT2D eigenvalue weighted by Crippen LogP contribution is -1.93. The van der Waals surface area contributed by atoms with Gasteiger partial charge in [0.05, 0.1) is 5.69 Å². The zero-order valence-corrected chi connectivity index (χ0v) is 11.4. The van der Waals surface area contributed by atoms with Crippen LogP contribution in [0.3, 0.4) is 0 Å². The third kappa shape index (κ3) is 7.27. The standard InChI is InChI=1S/C13H21NO3S/c15-12(16)9-7-5-3-1-2-4-6-8-11-10-17-13(18)14-11/h10H,1-9H2,(H,14,18)(H,15,16). The van der Waals surface area contributed by atoms with Crippen molar-refractivity contribution in [1.29, 1.82) is 0 Å². The molecule has 102 valence electrons. The number of nitrogens with one attached hydrogen (secondary N) is 1. The second-order valence-corrected chi connectivity index (χ2v) is 4.91. The Morgan fingerprint density at radius 3 is 2.33 bits per heavy atom. The van der Waals surface area contributed by atoms with Gasteiger partial charge >= 0.3 is 5.97 Å². The molecule has 0 atom stereocenters. The van der Waals surface area contributed by atoms with Crippen LogP contribution in [-0.4, -0.2) is 16.1 Å². The quantitative estimate of drug-likeness (QED) is 0.497. The van der Waals surface area contributed by atoms with E-state index in [9.17, 15) is 4.79 Å². The third-order valence-electron chi connectivity index (χ3n) is 2.91. The first-order chi connectivity index (χ1) is 8.68. The van der Waals surface area contributed by atoms with Gasteiger partial charge in [-0.25, -0.2) is 0 Å². The van der Waals surface area contributed by atoms with Gasteiger partial charge in [0.15, 0.2) is 0 Å². The number of aromatic amines is 1. The van der Waals surface area contributed by atoms with E-state index >= 15 is 0 Å². The van der Waals surface area contributed by atoms with Gasteiger partial charge in [-0.05, 0) is 31.5 Å². The summed E-state index contributed by atoms with van der Waals surface area (Å²) in [6, 6.07) is 0. The summed E-state index contributed by atoms with van der Waals surface area (Å²) in [5.41, 5.74) is 1.07. The molecular weight excluding hydrogens is 250 g/mol. The van der Waals surface area contributed by atoms with E-state index in [1.807, 2.05) is 0 Å². The van der Waals surface area contributed by atoms with Crippen molar-refractivity contribution in [2.45, 2.75) is 57.8 Å². The number of unbranched alkanes of at least 4 members (excludes halogenated alkanes) is 6. The van der Waals surface area contributed by atoms with Gasteiger partial charge in [-0.2, -0.15) is 0 Å². The summed E-state index contributed by atoms with van der Waals surface area (Å²) in [6.45, 7) is 0. The van der Waals surface area contributed by atoms with Crippen molar-refractivity contribution in [3.8, 4) is 0 Å². The van der Waals surface area contributed by atoms with Crippen LogP contribution in [0.2, 0.25) is 0 Å². The molecule has 0 fully saturated rings. The molecule has 4 nitrogen and oxygen atoms in total. The van der Waals surface area contributed by atoms with E-state index in [2.05, 4.69) is 4.98 Å². The van der Waals surface area contributed by atoms with Crippen LogP contribution in [0, 0.1) is 4.84 Å². The number of carboxylic acid groups (broad SMARTS) is 1. The van der Waals surface area contributed by atoms with Gasteiger partial charge in [-0.3, -0.25) is 4.79 Å². The average molecular weight is 271 g/mol. The van der Waals surface area contributed by atoms with E-state index in [1.165, 1.54) is 19.3 Å². The minimum Gasteiger partial charge on any atom is -0.481 e. The predicted molar refractivity (Wildman–Crippen MR) is 72.2 cm³/mol.